The van der Waals surface area contributed by atoms with E-state index in [1.807, 2.05) is 0 Å². The molecule has 142 valence electrons. The first-order valence-electron chi connectivity index (χ1n) is 7.70. The van der Waals surface area contributed by atoms with Gasteiger partial charge < -0.3 is 34.1 Å². The van der Waals surface area contributed by atoms with E-state index < -0.39 is 23.7 Å². The summed E-state index contributed by atoms with van der Waals surface area (Å²) in [6, 6.07) is -1.18. The maximum Gasteiger partial charge on any atom is 0.408 e. The topological polar surface area (TPSA) is 113 Å². The highest BCUT2D eigenvalue weighted by Gasteiger charge is 2.23. The summed E-state index contributed by atoms with van der Waals surface area (Å²) in [6.07, 6.45) is -0.803. The zero-order chi connectivity index (χ0) is 18.4. The minimum absolute atomic E-state index is 0.178. The maximum atomic E-state index is 11.6. The van der Waals surface area contributed by atoms with Gasteiger partial charge in [0.25, 0.3) is 0 Å². The normalized spacial score (nSPS) is 12.7. The van der Waals surface area contributed by atoms with E-state index in [9.17, 15) is 9.59 Å². The van der Waals surface area contributed by atoms with E-state index in [0.29, 0.717) is 33.0 Å². The molecule has 0 radical (unpaired) electrons. The highest BCUT2D eigenvalue weighted by molar-refractivity contribution is 5.80. The summed E-state index contributed by atoms with van der Waals surface area (Å²) < 4.78 is 25.5. The van der Waals surface area contributed by atoms with E-state index in [1.165, 1.54) is 0 Å². The Morgan fingerprint density at radius 1 is 0.958 bits per heavy atom. The van der Waals surface area contributed by atoms with Crippen molar-refractivity contribution < 1.29 is 38.4 Å². The standard InChI is InChI=1S/C15H29NO8/c1-15(2,3)24-14(19)16-12(13(17)18)11-23-10-9-22-8-7-21-6-5-20-4/h12H,5-11H2,1-4H3,(H,16,19)(H,17,18)/t12-/m0/s1. The lowest BCUT2D eigenvalue weighted by molar-refractivity contribution is -0.141. The molecule has 0 unspecified atom stereocenters. The Bertz CT molecular complexity index is 356. The molecule has 0 aromatic carbocycles. The van der Waals surface area contributed by atoms with Gasteiger partial charge in [0.2, 0.25) is 0 Å². The third-order valence-electron chi connectivity index (χ3n) is 2.45. The number of carbonyl (C=O) groups excluding carboxylic acids is 1. The predicted molar refractivity (Wildman–Crippen MR) is 85.1 cm³/mol. The minimum atomic E-state index is -1.20. The third-order valence-corrected chi connectivity index (χ3v) is 2.45. The molecule has 0 aliphatic heterocycles. The van der Waals surface area contributed by atoms with Crippen LogP contribution in [0.15, 0.2) is 0 Å². The van der Waals surface area contributed by atoms with Gasteiger partial charge in [0.1, 0.15) is 5.60 Å². The molecule has 1 atom stereocenters. The number of carboxylic acids is 1. The number of rotatable bonds is 13. The van der Waals surface area contributed by atoms with Gasteiger partial charge in [-0.25, -0.2) is 9.59 Å². The fourth-order valence-corrected chi connectivity index (χ4v) is 1.41. The molecule has 0 spiro atoms. The van der Waals surface area contributed by atoms with Crippen LogP contribution in [0.4, 0.5) is 4.79 Å². The zero-order valence-corrected chi connectivity index (χ0v) is 14.8. The van der Waals surface area contributed by atoms with Gasteiger partial charge >= 0.3 is 12.1 Å². The number of alkyl carbamates (subject to hydrolysis) is 1. The van der Waals surface area contributed by atoms with Gasteiger partial charge in [-0.1, -0.05) is 0 Å². The molecule has 0 aromatic rings. The lowest BCUT2D eigenvalue weighted by Gasteiger charge is -2.22. The predicted octanol–water partition coefficient (Wildman–Crippen LogP) is 0.661. The molecule has 0 aromatic heterocycles. The summed E-state index contributed by atoms with van der Waals surface area (Å²) in [7, 11) is 1.60. The van der Waals surface area contributed by atoms with Gasteiger partial charge in [-0.2, -0.15) is 0 Å². The molecular weight excluding hydrogens is 322 g/mol. The van der Waals surface area contributed by atoms with Crippen LogP contribution in [0.25, 0.3) is 0 Å². The summed E-state index contributed by atoms with van der Waals surface area (Å²) in [5, 5.41) is 11.3. The molecule has 0 saturated heterocycles. The molecule has 24 heavy (non-hydrogen) atoms. The second-order valence-electron chi connectivity index (χ2n) is 5.83. The minimum Gasteiger partial charge on any atom is -0.480 e. The lowest BCUT2D eigenvalue weighted by atomic mass is 10.2. The molecule has 0 rings (SSSR count). The fraction of sp³-hybridized carbons (Fsp3) is 0.867. The SMILES string of the molecule is COCCOCCOCCOC[C@H](NC(=O)OC(C)(C)C)C(=O)O. The Kier molecular flexibility index (Phi) is 12.2. The Hall–Kier alpha value is -1.42. The molecular formula is C15H29NO8. The van der Waals surface area contributed by atoms with Crippen molar-refractivity contribution in [3.63, 3.8) is 0 Å². The molecule has 0 saturated carbocycles. The number of hydrogen-bond donors (Lipinski definition) is 2. The second kappa shape index (κ2) is 12.9. The molecule has 1 amide bonds. The Labute approximate surface area is 142 Å². The van der Waals surface area contributed by atoms with Crippen molar-refractivity contribution in [1.29, 1.82) is 0 Å². The summed E-state index contributed by atoms with van der Waals surface area (Å²) in [6.45, 7) is 7.29. The number of hydrogen-bond acceptors (Lipinski definition) is 7. The van der Waals surface area contributed by atoms with Crippen LogP contribution in [0.5, 0.6) is 0 Å². The Balaban J connectivity index is 3.76. The largest absolute Gasteiger partial charge is 0.480 e. The molecule has 0 bridgehead atoms. The van der Waals surface area contributed by atoms with Crippen molar-refractivity contribution in [3.05, 3.63) is 0 Å². The molecule has 0 aliphatic rings. The second-order valence-corrected chi connectivity index (χ2v) is 5.83. The highest BCUT2D eigenvalue weighted by atomic mass is 16.6. The molecule has 9 nitrogen and oxygen atoms in total. The first-order valence-corrected chi connectivity index (χ1v) is 7.70. The molecule has 0 aliphatic carbocycles. The van der Waals surface area contributed by atoms with Crippen molar-refractivity contribution >= 4 is 12.1 Å². The highest BCUT2D eigenvalue weighted by Crippen LogP contribution is 2.06. The summed E-state index contributed by atoms with van der Waals surface area (Å²) in [4.78, 5) is 22.6. The quantitative estimate of drug-likeness (QED) is 0.465. The average molecular weight is 351 g/mol. The van der Waals surface area contributed by atoms with Gasteiger partial charge in [-0.3, -0.25) is 0 Å². The van der Waals surface area contributed by atoms with Crippen LogP contribution in [0.3, 0.4) is 0 Å². The van der Waals surface area contributed by atoms with Crippen LogP contribution in [0, 0.1) is 0 Å². The lowest BCUT2D eigenvalue weighted by Crippen LogP contribution is -2.46. The number of nitrogens with one attached hydrogen (secondary N) is 1. The van der Waals surface area contributed by atoms with E-state index >= 15 is 0 Å². The number of carboxylic acid groups (broad SMARTS) is 1. The molecule has 0 heterocycles. The van der Waals surface area contributed by atoms with Crippen molar-refractivity contribution in [3.8, 4) is 0 Å². The number of aliphatic carboxylic acids is 1. The zero-order valence-electron chi connectivity index (χ0n) is 14.8. The van der Waals surface area contributed by atoms with Gasteiger partial charge in [0, 0.05) is 7.11 Å². The first-order chi connectivity index (χ1) is 11.3. The first kappa shape index (κ1) is 22.6. The van der Waals surface area contributed by atoms with Gasteiger partial charge in [0.15, 0.2) is 6.04 Å². The number of amides is 1. The van der Waals surface area contributed by atoms with Crippen LogP contribution in [-0.4, -0.2) is 82.2 Å². The smallest absolute Gasteiger partial charge is 0.408 e. The van der Waals surface area contributed by atoms with Crippen LogP contribution < -0.4 is 5.32 Å². The summed E-state index contributed by atoms with van der Waals surface area (Å²) in [5.41, 5.74) is -0.701. The molecule has 2 N–H and O–H groups in total. The molecule has 9 heteroatoms. The Morgan fingerprint density at radius 2 is 1.46 bits per heavy atom. The number of carbonyl (C=O) groups is 2. The van der Waals surface area contributed by atoms with Gasteiger partial charge in [-0.05, 0) is 20.8 Å². The van der Waals surface area contributed by atoms with Crippen molar-refractivity contribution in [2.75, 3.05) is 53.4 Å². The van der Waals surface area contributed by atoms with E-state index in [1.54, 1.807) is 27.9 Å². The van der Waals surface area contributed by atoms with Crippen LogP contribution >= 0.6 is 0 Å². The maximum absolute atomic E-state index is 11.6. The molecule has 0 fully saturated rings. The van der Waals surface area contributed by atoms with Gasteiger partial charge in [-0.15, -0.1) is 0 Å². The van der Waals surface area contributed by atoms with E-state index in [4.69, 9.17) is 28.8 Å². The van der Waals surface area contributed by atoms with E-state index in [0.717, 1.165) is 0 Å². The van der Waals surface area contributed by atoms with E-state index in [-0.39, 0.29) is 13.2 Å². The average Bonchev–Trinajstić information content (AvgIpc) is 2.45. The van der Waals surface area contributed by atoms with Crippen molar-refractivity contribution in [2.24, 2.45) is 0 Å². The number of methoxy groups -OCH3 is 1. The van der Waals surface area contributed by atoms with Crippen molar-refractivity contribution in [2.45, 2.75) is 32.4 Å². The van der Waals surface area contributed by atoms with Gasteiger partial charge in [0.05, 0.1) is 46.2 Å². The summed E-state index contributed by atoms with van der Waals surface area (Å²) >= 11 is 0. The van der Waals surface area contributed by atoms with Crippen LogP contribution in [0.2, 0.25) is 0 Å². The van der Waals surface area contributed by atoms with Crippen LogP contribution in [-0.2, 0) is 28.5 Å². The Morgan fingerprint density at radius 3 is 1.92 bits per heavy atom. The monoisotopic (exact) mass is 351 g/mol. The van der Waals surface area contributed by atoms with Crippen LogP contribution in [0.1, 0.15) is 20.8 Å². The third kappa shape index (κ3) is 14.2. The summed E-state index contributed by atoms with van der Waals surface area (Å²) in [5.74, 6) is -1.20. The fourth-order valence-electron chi connectivity index (χ4n) is 1.41. The van der Waals surface area contributed by atoms with E-state index in [2.05, 4.69) is 5.32 Å². The number of ether oxygens (including phenoxy) is 5. The van der Waals surface area contributed by atoms with Crippen molar-refractivity contribution in [1.82, 2.24) is 5.32 Å².